The van der Waals surface area contributed by atoms with Crippen LogP contribution in [-0.4, -0.2) is 48.4 Å². The molecule has 1 unspecified atom stereocenters. The van der Waals surface area contributed by atoms with Gasteiger partial charge in [0.2, 0.25) is 11.1 Å². The number of nitrogen functional groups attached to an aromatic ring is 1. The van der Waals surface area contributed by atoms with Crippen LogP contribution in [-0.2, 0) is 36.1 Å². The van der Waals surface area contributed by atoms with E-state index in [1.165, 1.54) is 44.9 Å². The Kier molecular flexibility index (Phi) is 12.5. The molecule has 0 bridgehead atoms. The van der Waals surface area contributed by atoms with Crippen LogP contribution in [0.4, 0.5) is 11.4 Å². The van der Waals surface area contributed by atoms with Crippen molar-refractivity contribution in [1.29, 1.82) is 0 Å². The Morgan fingerprint density at radius 1 is 0.983 bits per heavy atom. The molecular formula is C47H53N7O3S2. The van der Waals surface area contributed by atoms with Gasteiger partial charge in [0.25, 0.3) is 0 Å². The lowest BCUT2D eigenvalue weighted by molar-refractivity contribution is -0.124. The van der Waals surface area contributed by atoms with Crippen LogP contribution in [0.5, 0.6) is 0 Å². The van der Waals surface area contributed by atoms with E-state index in [1.807, 2.05) is 78.0 Å². The molecule has 3 aromatic heterocycles. The highest BCUT2D eigenvalue weighted by Crippen LogP contribution is 2.45. The van der Waals surface area contributed by atoms with Crippen LogP contribution < -0.4 is 27.5 Å². The number of benzene rings is 3. The molecule has 1 saturated heterocycles. The predicted octanol–water partition coefficient (Wildman–Crippen LogP) is 8.48. The van der Waals surface area contributed by atoms with Gasteiger partial charge >= 0.3 is 0 Å². The van der Waals surface area contributed by atoms with Crippen molar-refractivity contribution >= 4 is 50.7 Å². The molecule has 8 rings (SSSR count). The van der Waals surface area contributed by atoms with E-state index in [0.717, 1.165) is 116 Å². The number of pyridine rings is 1. The van der Waals surface area contributed by atoms with Gasteiger partial charge in [-0.25, -0.2) is 5.84 Å². The van der Waals surface area contributed by atoms with E-state index < -0.39 is 5.54 Å². The number of nitrogens with zero attached hydrogens (tertiary/aromatic N) is 3. The van der Waals surface area contributed by atoms with Crippen LogP contribution in [0.25, 0.3) is 21.3 Å². The number of nitroso groups, excluding NO2 is 1. The summed E-state index contributed by atoms with van der Waals surface area (Å²) in [6, 6.07) is 27.6. The van der Waals surface area contributed by atoms with Crippen molar-refractivity contribution in [3.8, 4) is 10.4 Å². The van der Waals surface area contributed by atoms with Gasteiger partial charge in [-0.2, -0.15) is 0 Å². The predicted molar refractivity (Wildman–Crippen MR) is 243 cm³/mol. The number of hydrogen-bond donors (Lipinski definition) is 4. The maximum atomic E-state index is 14.2. The van der Waals surface area contributed by atoms with Crippen molar-refractivity contribution in [3.63, 3.8) is 0 Å². The van der Waals surface area contributed by atoms with Crippen LogP contribution in [0, 0.1) is 17.7 Å². The first-order chi connectivity index (χ1) is 28.7. The molecule has 10 nitrogen and oxygen atoms in total. The summed E-state index contributed by atoms with van der Waals surface area (Å²) in [7, 11) is 0. The minimum atomic E-state index is -1.52. The molecule has 59 heavy (non-hydrogen) atoms. The van der Waals surface area contributed by atoms with Crippen molar-refractivity contribution in [1.82, 2.24) is 15.2 Å². The molecule has 12 heteroatoms. The fourth-order valence-electron chi connectivity index (χ4n) is 9.20. The second-order valence-electron chi connectivity index (χ2n) is 16.1. The third-order valence-corrected chi connectivity index (χ3v) is 14.6. The Bertz CT molecular complexity index is 2470. The molecule has 0 spiro atoms. The largest absolute Gasteiger partial charge is 0.397 e. The highest BCUT2D eigenvalue weighted by Gasteiger charge is 2.47. The number of anilines is 2. The van der Waals surface area contributed by atoms with Gasteiger partial charge < -0.3 is 25.9 Å². The maximum absolute atomic E-state index is 14.2. The number of rotatable bonds is 17. The standard InChI is InChI=1S/C47H53N7O3S2/c1-31-13-14-33(37-15-18-44(56)51-45(31)37)19-22-50-30-35-29-39(48)46(38-11-5-10-36(35)38)54(49)24-7-23-53-25-20-32(21-26-53)28-41(55)47(52-57,42-12-6-27-58-42)43-17-16-40(59-43)34-8-3-2-4-9-34/h2-4,6,8-9,12-18,27,29,32,50H,5,7,10-11,19-26,28,30,48-49H2,1H3,(H,51,56). The number of carbonyl (C=O) groups is 1. The van der Waals surface area contributed by atoms with Gasteiger partial charge in [-0.05, 0) is 158 Å². The fraction of sp³-hybridized carbons (Fsp3) is 0.362. The first kappa shape index (κ1) is 40.8. The Labute approximate surface area is 353 Å². The van der Waals surface area contributed by atoms with E-state index in [-0.39, 0.29) is 17.3 Å². The number of nitrogens with one attached hydrogen (secondary N) is 2. The molecule has 1 fully saturated rings. The van der Waals surface area contributed by atoms with Crippen LogP contribution in [0.15, 0.2) is 100 Å². The summed E-state index contributed by atoms with van der Waals surface area (Å²) in [5.41, 5.74) is 15.0. The summed E-state index contributed by atoms with van der Waals surface area (Å²) in [5.74, 6) is 6.85. The summed E-state index contributed by atoms with van der Waals surface area (Å²) in [4.78, 5) is 46.8. The second-order valence-corrected chi connectivity index (χ2v) is 18.2. The molecular weight excluding hydrogens is 775 g/mol. The molecule has 0 saturated carbocycles. The highest BCUT2D eigenvalue weighted by atomic mass is 32.1. The highest BCUT2D eigenvalue weighted by molar-refractivity contribution is 7.16. The summed E-state index contributed by atoms with van der Waals surface area (Å²) >= 11 is 2.90. The van der Waals surface area contributed by atoms with Crippen molar-refractivity contribution in [2.75, 3.05) is 43.5 Å². The normalized spacial score (nSPS) is 15.6. The first-order valence-corrected chi connectivity index (χ1v) is 22.5. The van der Waals surface area contributed by atoms with Crippen molar-refractivity contribution < 1.29 is 4.79 Å². The van der Waals surface area contributed by atoms with Gasteiger partial charge in [0.05, 0.1) is 16.9 Å². The van der Waals surface area contributed by atoms with E-state index in [1.54, 1.807) is 6.07 Å². The van der Waals surface area contributed by atoms with E-state index in [2.05, 4.69) is 38.6 Å². The van der Waals surface area contributed by atoms with Gasteiger partial charge in [0.1, 0.15) is 0 Å². The number of ketones is 1. The topological polar surface area (TPSA) is 150 Å². The lowest BCUT2D eigenvalue weighted by Crippen LogP contribution is -2.40. The molecule has 1 aliphatic carbocycles. The molecule has 3 aromatic carbocycles. The van der Waals surface area contributed by atoms with Crippen molar-refractivity contribution in [2.24, 2.45) is 16.9 Å². The number of hydrazine groups is 1. The second kappa shape index (κ2) is 18.1. The fourth-order valence-corrected chi connectivity index (χ4v) is 11.3. The zero-order chi connectivity index (χ0) is 40.9. The number of carbonyl (C=O) groups excluding carboxylic acids is 1. The third-order valence-electron chi connectivity index (χ3n) is 12.4. The first-order valence-electron chi connectivity index (χ1n) is 20.8. The Morgan fingerprint density at radius 3 is 2.58 bits per heavy atom. The summed E-state index contributed by atoms with van der Waals surface area (Å²) in [6.07, 6.45) is 6.98. The minimum Gasteiger partial charge on any atom is -0.397 e. The summed E-state index contributed by atoms with van der Waals surface area (Å²) < 4.78 is 0. The number of aryl methyl sites for hydroxylation is 1. The lowest BCUT2D eigenvalue weighted by atomic mass is 9.82. The molecule has 2 aliphatic rings. The number of aromatic nitrogens is 1. The number of thiophene rings is 2. The summed E-state index contributed by atoms with van der Waals surface area (Å²) in [5, 5.41) is 12.2. The van der Waals surface area contributed by atoms with Gasteiger partial charge in [-0.1, -0.05) is 48.5 Å². The van der Waals surface area contributed by atoms with Crippen molar-refractivity contribution in [3.05, 3.63) is 143 Å². The quantitative estimate of drug-likeness (QED) is 0.0235. The molecule has 0 amide bonds. The number of likely N-dealkylation sites (tertiary alicyclic amines) is 1. The number of nitrogens with two attached hydrogens (primary N) is 2. The molecule has 4 heterocycles. The number of hydrogen-bond acceptors (Lipinski definition) is 11. The number of fused-ring (bicyclic) bond motifs is 2. The molecule has 6 N–H and O–H groups in total. The van der Waals surface area contributed by atoms with E-state index in [9.17, 15) is 14.5 Å². The average Bonchev–Trinajstić information content (AvgIpc) is 4.06. The van der Waals surface area contributed by atoms with Gasteiger partial charge in [-0.15, -0.1) is 27.6 Å². The van der Waals surface area contributed by atoms with Crippen LogP contribution in [0.1, 0.15) is 69.7 Å². The van der Waals surface area contributed by atoms with Crippen LogP contribution >= 0.6 is 22.7 Å². The SMILES string of the molecule is Cc1ccc(CCNCc2cc(N)c(N(N)CCCN3CCC(CC(=O)C(N=O)(c4cccs4)c4ccc(-c5ccccc5)s4)CC3)c3c2CCC3)c2ccc(=O)[nH]c12. The number of piperidine rings is 1. The maximum Gasteiger partial charge on any atom is 0.248 e. The smallest absolute Gasteiger partial charge is 0.248 e. The minimum absolute atomic E-state index is 0.0792. The van der Waals surface area contributed by atoms with Gasteiger partial charge in [-0.3, -0.25) is 9.59 Å². The number of aromatic amines is 1. The third kappa shape index (κ3) is 8.55. The Balaban J connectivity index is 0.833. The van der Waals surface area contributed by atoms with E-state index in [0.29, 0.717) is 22.7 Å². The van der Waals surface area contributed by atoms with E-state index in [4.69, 9.17) is 11.6 Å². The monoisotopic (exact) mass is 827 g/mol. The Morgan fingerprint density at radius 2 is 1.80 bits per heavy atom. The van der Waals surface area contributed by atoms with E-state index >= 15 is 0 Å². The Hall–Kier alpha value is -4.98. The zero-order valence-corrected chi connectivity index (χ0v) is 35.3. The average molecular weight is 828 g/mol. The molecule has 6 aromatic rings. The molecule has 1 aliphatic heterocycles. The molecule has 306 valence electrons. The number of Topliss-reactive ketones (excluding diaryl/α,β-unsaturated/α-hetero) is 1. The number of H-pyrrole nitrogens is 1. The molecule has 0 radical (unpaired) electrons. The lowest BCUT2D eigenvalue weighted by Gasteiger charge is -2.33. The van der Waals surface area contributed by atoms with Crippen LogP contribution in [0.2, 0.25) is 0 Å². The van der Waals surface area contributed by atoms with Crippen LogP contribution in [0.3, 0.4) is 0 Å². The summed E-state index contributed by atoms with van der Waals surface area (Å²) in [6.45, 7) is 6.98. The van der Waals surface area contributed by atoms with Gasteiger partial charge in [0, 0.05) is 45.6 Å². The van der Waals surface area contributed by atoms with Crippen molar-refractivity contribution in [2.45, 2.75) is 70.4 Å². The van der Waals surface area contributed by atoms with Gasteiger partial charge in [0.15, 0.2) is 5.78 Å². The zero-order valence-electron chi connectivity index (χ0n) is 33.7. The molecule has 1 atom stereocenters.